The maximum atomic E-state index is 12.7. The third-order valence-electron chi connectivity index (χ3n) is 11.2. The SMILES string of the molecule is CCOC(CN1CCN(CCN(CC(O)CC)CC(CN(CC(O)CC)CC(O)CC)OCC)CC1)CN(CCC(=O)NCCCC(O)(P(=O)(O)O)P(=O)(O)O)CC(O)CC. The van der Waals surface area contributed by atoms with E-state index in [1.165, 1.54) is 0 Å². The van der Waals surface area contributed by atoms with Crippen molar-refractivity contribution in [3.8, 4) is 0 Å². The number of rotatable bonds is 36. The topological polar surface area (TPSA) is 280 Å². The molecule has 1 saturated heterocycles. The fourth-order valence-corrected chi connectivity index (χ4v) is 9.49. The van der Waals surface area contributed by atoms with Crippen molar-refractivity contribution in [1.29, 1.82) is 0 Å². The van der Waals surface area contributed by atoms with Crippen LogP contribution in [0.1, 0.15) is 86.5 Å². The molecule has 364 valence electrons. The Morgan fingerprint density at radius 1 is 0.639 bits per heavy atom. The van der Waals surface area contributed by atoms with Crippen LogP contribution in [0.3, 0.4) is 0 Å². The molecule has 6 unspecified atom stereocenters. The van der Waals surface area contributed by atoms with Gasteiger partial charge in [-0.05, 0) is 46.0 Å². The fourth-order valence-electron chi connectivity index (χ4n) is 7.24. The molecular formula is C39H84N6O14P2. The van der Waals surface area contributed by atoms with E-state index in [4.69, 9.17) is 9.47 Å². The van der Waals surface area contributed by atoms with Gasteiger partial charge < -0.3 is 59.9 Å². The predicted molar refractivity (Wildman–Crippen MR) is 234 cm³/mol. The molecule has 10 N–H and O–H groups in total. The van der Waals surface area contributed by atoms with Crippen LogP contribution in [0, 0.1) is 0 Å². The van der Waals surface area contributed by atoms with Gasteiger partial charge in [0.05, 0.1) is 36.6 Å². The van der Waals surface area contributed by atoms with Gasteiger partial charge in [0.2, 0.25) is 5.91 Å². The lowest BCUT2D eigenvalue weighted by Crippen LogP contribution is -2.53. The highest BCUT2D eigenvalue weighted by Gasteiger charge is 2.58. The van der Waals surface area contributed by atoms with Crippen LogP contribution in [0.2, 0.25) is 0 Å². The summed E-state index contributed by atoms with van der Waals surface area (Å²) in [5.74, 6) is -0.409. The highest BCUT2D eigenvalue weighted by atomic mass is 31.2. The first-order valence-corrected chi connectivity index (χ1v) is 25.5. The van der Waals surface area contributed by atoms with Gasteiger partial charge in [-0.25, -0.2) is 0 Å². The van der Waals surface area contributed by atoms with Gasteiger partial charge in [0.25, 0.3) is 5.08 Å². The van der Waals surface area contributed by atoms with E-state index in [1.54, 1.807) is 0 Å². The average Bonchev–Trinajstić information content (AvgIpc) is 3.19. The monoisotopic (exact) mass is 923 g/mol. The van der Waals surface area contributed by atoms with Gasteiger partial charge in [-0.3, -0.25) is 38.4 Å². The first kappa shape index (κ1) is 58.3. The van der Waals surface area contributed by atoms with Crippen molar-refractivity contribution in [3.05, 3.63) is 0 Å². The largest absolute Gasteiger partial charge is 0.392 e. The molecular weight excluding hydrogens is 838 g/mol. The molecule has 1 heterocycles. The number of ether oxygens (including phenoxy) is 2. The maximum Gasteiger partial charge on any atom is 0.369 e. The summed E-state index contributed by atoms with van der Waals surface area (Å²) in [6.45, 7) is 21.5. The summed E-state index contributed by atoms with van der Waals surface area (Å²) >= 11 is 0. The second kappa shape index (κ2) is 30.5. The van der Waals surface area contributed by atoms with Crippen LogP contribution in [0.25, 0.3) is 0 Å². The Hall–Kier alpha value is -0.710. The fraction of sp³-hybridized carbons (Fsp3) is 0.974. The van der Waals surface area contributed by atoms with E-state index in [1.807, 2.05) is 46.4 Å². The van der Waals surface area contributed by atoms with Gasteiger partial charge in [0.15, 0.2) is 0 Å². The Morgan fingerprint density at radius 3 is 1.51 bits per heavy atom. The number of amides is 1. The number of carbonyl (C=O) groups is 1. The zero-order chi connectivity index (χ0) is 46.2. The second-order valence-corrected chi connectivity index (χ2v) is 20.4. The molecule has 0 radical (unpaired) electrons. The number of nitrogens with zero attached hydrogens (tertiary/aromatic N) is 5. The van der Waals surface area contributed by atoms with Crippen LogP contribution in [0.15, 0.2) is 0 Å². The molecule has 1 amide bonds. The second-order valence-electron chi connectivity index (χ2n) is 16.3. The minimum atomic E-state index is -5.58. The third kappa shape index (κ3) is 23.4. The zero-order valence-corrected chi connectivity index (χ0v) is 39.6. The lowest BCUT2D eigenvalue weighted by molar-refractivity contribution is -0.121. The molecule has 20 nitrogen and oxygen atoms in total. The van der Waals surface area contributed by atoms with Crippen molar-refractivity contribution in [1.82, 2.24) is 29.8 Å². The lowest BCUT2D eigenvalue weighted by Gasteiger charge is -2.39. The average molecular weight is 923 g/mol. The molecule has 0 aromatic carbocycles. The van der Waals surface area contributed by atoms with Crippen molar-refractivity contribution in [2.45, 2.75) is 128 Å². The molecule has 1 aliphatic heterocycles. The molecule has 0 spiro atoms. The summed E-state index contributed by atoms with van der Waals surface area (Å²) in [6, 6.07) is 0. The summed E-state index contributed by atoms with van der Waals surface area (Å²) in [5, 5.41) is 51.1. The number of aliphatic hydroxyl groups is 5. The van der Waals surface area contributed by atoms with Gasteiger partial charge in [0, 0.05) is 131 Å². The maximum absolute atomic E-state index is 12.7. The van der Waals surface area contributed by atoms with Crippen LogP contribution in [-0.4, -0.2) is 235 Å². The highest BCUT2D eigenvalue weighted by molar-refractivity contribution is 7.72. The standard InChI is InChI=1S/C39H84N6O14P2/c1-7-32(46)24-43(17-14-38(50)40-16-13-15-39(51,60(52,53)54)61(55,56)57)29-36(58-11-5)28-42-21-18-41(19-22-42)20-23-44(25-33(47)8-2)30-37(59-12-6)31-45(26-34(48)9-3)27-35(49)10-4/h32-37,46-49,51H,7-31H2,1-6H3,(H,40,50)(H2,52,53,54)(H2,55,56,57). The Balaban J connectivity index is 2.83. The minimum Gasteiger partial charge on any atom is -0.392 e. The molecule has 0 saturated carbocycles. The summed E-state index contributed by atoms with van der Waals surface area (Å²) in [4.78, 5) is 61.1. The van der Waals surface area contributed by atoms with Crippen molar-refractivity contribution >= 4 is 21.1 Å². The predicted octanol–water partition coefficient (Wildman–Crippen LogP) is -0.308. The molecule has 1 fully saturated rings. The molecule has 6 atom stereocenters. The normalized spacial score (nSPS) is 18.1. The van der Waals surface area contributed by atoms with E-state index < -0.39 is 57.0 Å². The molecule has 1 rings (SSSR count). The number of carbonyl (C=O) groups excluding carboxylic acids is 1. The Labute approximate surface area is 364 Å². The van der Waals surface area contributed by atoms with Crippen molar-refractivity contribution < 1.29 is 68.5 Å². The van der Waals surface area contributed by atoms with E-state index in [-0.39, 0.29) is 38.1 Å². The Bertz CT molecular complexity index is 1230. The third-order valence-corrected chi connectivity index (χ3v) is 15.1. The molecule has 0 aromatic rings. The Kier molecular flexibility index (Phi) is 29.1. The summed E-state index contributed by atoms with van der Waals surface area (Å²) in [6.07, 6.45) is -1.28. The quantitative estimate of drug-likeness (QED) is 0.0285. The molecule has 1 aliphatic rings. The van der Waals surface area contributed by atoms with Gasteiger partial charge in [-0.2, -0.15) is 0 Å². The van der Waals surface area contributed by atoms with E-state index in [9.17, 15) is 59.0 Å². The van der Waals surface area contributed by atoms with Crippen LogP contribution < -0.4 is 5.32 Å². The molecule has 0 aliphatic carbocycles. The smallest absolute Gasteiger partial charge is 0.369 e. The molecule has 0 bridgehead atoms. The van der Waals surface area contributed by atoms with Crippen molar-refractivity contribution in [3.63, 3.8) is 0 Å². The highest BCUT2D eigenvalue weighted by Crippen LogP contribution is 2.69. The molecule has 61 heavy (non-hydrogen) atoms. The number of nitrogens with one attached hydrogen (secondary N) is 1. The van der Waals surface area contributed by atoms with Crippen LogP contribution in [-0.2, 0) is 23.4 Å². The van der Waals surface area contributed by atoms with E-state index in [2.05, 4.69) is 24.9 Å². The first-order valence-electron chi connectivity index (χ1n) is 22.3. The Morgan fingerprint density at radius 2 is 1.05 bits per heavy atom. The summed E-state index contributed by atoms with van der Waals surface area (Å²) < 4.78 is 35.6. The van der Waals surface area contributed by atoms with Crippen LogP contribution in [0.5, 0.6) is 0 Å². The van der Waals surface area contributed by atoms with Crippen LogP contribution >= 0.6 is 15.2 Å². The van der Waals surface area contributed by atoms with Crippen molar-refractivity contribution in [2.24, 2.45) is 0 Å². The number of hydrogen-bond acceptors (Lipinski definition) is 15. The van der Waals surface area contributed by atoms with E-state index in [0.717, 1.165) is 39.3 Å². The lowest BCUT2D eigenvalue weighted by atomic mass is 10.1. The first-order chi connectivity index (χ1) is 28.6. The minimum absolute atomic E-state index is 0.0229. The van der Waals surface area contributed by atoms with Gasteiger partial charge in [0.1, 0.15) is 0 Å². The van der Waals surface area contributed by atoms with Gasteiger partial charge >= 0.3 is 15.2 Å². The number of hydrogen-bond donors (Lipinski definition) is 10. The molecule has 22 heteroatoms. The van der Waals surface area contributed by atoms with Crippen molar-refractivity contribution in [2.75, 3.05) is 118 Å². The number of piperazine rings is 1. The van der Waals surface area contributed by atoms with Gasteiger partial charge in [-0.1, -0.05) is 27.7 Å². The molecule has 0 aromatic heterocycles. The van der Waals surface area contributed by atoms with Crippen LogP contribution in [0.4, 0.5) is 0 Å². The zero-order valence-electron chi connectivity index (χ0n) is 37.8. The summed E-state index contributed by atoms with van der Waals surface area (Å²) in [5.41, 5.74) is 0. The number of aliphatic hydroxyl groups excluding tert-OH is 4. The van der Waals surface area contributed by atoms with E-state index in [0.29, 0.717) is 91.3 Å². The summed E-state index contributed by atoms with van der Waals surface area (Å²) in [7, 11) is -11.2. The van der Waals surface area contributed by atoms with Gasteiger partial charge in [-0.15, -0.1) is 0 Å². The van der Waals surface area contributed by atoms with E-state index >= 15 is 0 Å².